The Hall–Kier alpha value is -1.75. The maximum atomic E-state index is 11.0. The Morgan fingerprint density at radius 1 is 1.39 bits per heavy atom. The van der Waals surface area contributed by atoms with Crippen LogP contribution in [0.4, 0.5) is 0 Å². The second kappa shape index (κ2) is 5.73. The number of carbonyl (C=O) groups is 1. The summed E-state index contributed by atoms with van der Waals surface area (Å²) in [6.07, 6.45) is 1.14. The van der Waals surface area contributed by atoms with Crippen LogP contribution in [0.5, 0.6) is 11.5 Å². The number of nitrogens with one attached hydrogen (secondary N) is 1. The highest BCUT2D eigenvalue weighted by molar-refractivity contribution is 5.74. The third-order valence-corrected chi connectivity index (χ3v) is 2.93. The van der Waals surface area contributed by atoms with E-state index in [-0.39, 0.29) is 18.4 Å². The van der Waals surface area contributed by atoms with Crippen molar-refractivity contribution in [2.24, 2.45) is 5.73 Å². The molecule has 18 heavy (non-hydrogen) atoms. The van der Waals surface area contributed by atoms with Crippen LogP contribution >= 0.6 is 0 Å². The van der Waals surface area contributed by atoms with Gasteiger partial charge in [-0.15, -0.1) is 0 Å². The number of carbonyl (C=O) groups excluding carboxylic acids is 1. The van der Waals surface area contributed by atoms with Gasteiger partial charge in [-0.05, 0) is 24.7 Å². The van der Waals surface area contributed by atoms with Gasteiger partial charge in [-0.2, -0.15) is 0 Å². The molecule has 1 amide bonds. The summed E-state index contributed by atoms with van der Waals surface area (Å²) in [5.41, 5.74) is 6.21. The monoisotopic (exact) mass is 250 g/mol. The van der Waals surface area contributed by atoms with Gasteiger partial charge < -0.3 is 20.5 Å². The fraction of sp³-hybridized carbons (Fsp3) is 0.462. The van der Waals surface area contributed by atoms with Crippen molar-refractivity contribution < 1.29 is 14.3 Å². The second-order valence-corrected chi connectivity index (χ2v) is 4.27. The molecule has 0 saturated carbocycles. The van der Waals surface area contributed by atoms with E-state index in [1.165, 1.54) is 0 Å². The molecule has 1 atom stereocenters. The average Bonchev–Trinajstić information content (AvgIpc) is 2.59. The highest BCUT2D eigenvalue weighted by Crippen LogP contribution is 2.32. The normalized spacial score (nSPS) is 15.8. The summed E-state index contributed by atoms with van der Waals surface area (Å²) in [5, 5.41) is 3.07. The molecule has 5 nitrogen and oxygen atoms in total. The topological polar surface area (TPSA) is 73.6 Å². The van der Waals surface area contributed by atoms with Gasteiger partial charge in [-0.3, -0.25) is 4.79 Å². The summed E-state index contributed by atoms with van der Waals surface area (Å²) in [7, 11) is 1.80. The molecule has 0 saturated heterocycles. The standard InChI is InChI=1S/C13H18N2O3/c1-15-10(8-13(14)16)9-3-4-11-12(7-9)18-6-2-5-17-11/h3-4,7,10,15H,2,5-6,8H2,1H3,(H2,14,16). The predicted octanol–water partition coefficient (Wildman–Crippen LogP) is 0.984. The number of amides is 1. The smallest absolute Gasteiger partial charge is 0.219 e. The van der Waals surface area contributed by atoms with Gasteiger partial charge in [-0.1, -0.05) is 6.07 Å². The van der Waals surface area contributed by atoms with Gasteiger partial charge in [0, 0.05) is 18.9 Å². The first-order valence-corrected chi connectivity index (χ1v) is 6.06. The Morgan fingerprint density at radius 2 is 2.11 bits per heavy atom. The lowest BCUT2D eigenvalue weighted by molar-refractivity contribution is -0.118. The molecule has 1 aromatic carbocycles. The summed E-state index contributed by atoms with van der Waals surface area (Å²) in [5.74, 6) is 1.15. The Labute approximate surface area is 106 Å². The number of rotatable bonds is 4. The van der Waals surface area contributed by atoms with Crippen LogP contribution in [0, 0.1) is 0 Å². The average molecular weight is 250 g/mol. The SMILES string of the molecule is CNC(CC(N)=O)c1ccc2c(c1)OCCCO2. The lowest BCUT2D eigenvalue weighted by atomic mass is 10.0. The first kappa shape index (κ1) is 12.7. The number of primary amides is 1. The predicted molar refractivity (Wildman–Crippen MR) is 67.7 cm³/mol. The van der Waals surface area contributed by atoms with Crippen molar-refractivity contribution in [3.8, 4) is 11.5 Å². The van der Waals surface area contributed by atoms with Crippen LogP contribution in [0.1, 0.15) is 24.4 Å². The Bertz CT molecular complexity index is 434. The van der Waals surface area contributed by atoms with Crippen molar-refractivity contribution >= 4 is 5.91 Å². The van der Waals surface area contributed by atoms with Crippen molar-refractivity contribution in [2.75, 3.05) is 20.3 Å². The van der Waals surface area contributed by atoms with E-state index in [4.69, 9.17) is 15.2 Å². The molecule has 98 valence electrons. The highest BCUT2D eigenvalue weighted by Gasteiger charge is 2.16. The van der Waals surface area contributed by atoms with Crippen LogP contribution in [-0.2, 0) is 4.79 Å². The molecular formula is C13H18N2O3. The van der Waals surface area contributed by atoms with Crippen molar-refractivity contribution in [3.63, 3.8) is 0 Å². The Morgan fingerprint density at radius 3 is 2.78 bits per heavy atom. The van der Waals surface area contributed by atoms with Gasteiger partial charge in [0.2, 0.25) is 5.91 Å². The molecule has 1 aliphatic heterocycles. The van der Waals surface area contributed by atoms with Gasteiger partial charge in [0.05, 0.1) is 13.2 Å². The van der Waals surface area contributed by atoms with E-state index in [0.29, 0.717) is 13.2 Å². The third-order valence-electron chi connectivity index (χ3n) is 2.93. The first-order valence-electron chi connectivity index (χ1n) is 6.06. The van der Waals surface area contributed by atoms with Gasteiger partial charge in [0.1, 0.15) is 0 Å². The number of benzene rings is 1. The second-order valence-electron chi connectivity index (χ2n) is 4.27. The van der Waals surface area contributed by atoms with Crippen molar-refractivity contribution in [3.05, 3.63) is 23.8 Å². The number of ether oxygens (including phenoxy) is 2. The van der Waals surface area contributed by atoms with Crippen LogP contribution in [0.25, 0.3) is 0 Å². The molecule has 2 rings (SSSR count). The van der Waals surface area contributed by atoms with Crippen LogP contribution < -0.4 is 20.5 Å². The number of hydrogen-bond acceptors (Lipinski definition) is 4. The molecule has 0 radical (unpaired) electrons. The molecule has 1 aliphatic rings. The van der Waals surface area contributed by atoms with Gasteiger partial charge in [0.15, 0.2) is 11.5 Å². The number of nitrogens with two attached hydrogens (primary N) is 1. The molecule has 1 heterocycles. The maximum Gasteiger partial charge on any atom is 0.219 e. The van der Waals surface area contributed by atoms with E-state index in [9.17, 15) is 4.79 Å². The van der Waals surface area contributed by atoms with Crippen molar-refractivity contribution in [1.82, 2.24) is 5.32 Å². The van der Waals surface area contributed by atoms with E-state index < -0.39 is 0 Å². The fourth-order valence-corrected chi connectivity index (χ4v) is 1.98. The largest absolute Gasteiger partial charge is 0.490 e. The zero-order valence-corrected chi connectivity index (χ0v) is 10.4. The van der Waals surface area contributed by atoms with Crippen LogP contribution in [-0.4, -0.2) is 26.2 Å². The summed E-state index contributed by atoms with van der Waals surface area (Å²) in [6, 6.07) is 5.61. The Kier molecular flexibility index (Phi) is 4.04. The summed E-state index contributed by atoms with van der Waals surface area (Å²) in [6.45, 7) is 1.32. The highest BCUT2D eigenvalue weighted by atomic mass is 16.5. The maximum absolute atomic E-state index is 11.0. The van der Waals surface area contributed by atoms with E-state index >= 15 is 0 Å². The summed E-state index contributed by atoms with van der Waals surface area (Å²) >= 11 is 0. The minimum Gasteiger partial charge on any atom is -0.490 e. The van der Waals surface area contributed by atoms with Crippen LogP contribution in [0.15, 0.2) is 18.2 Å². The number of hydrogen-bond donors (Lipinski definition) is 2. The first-order chi connectivity index (χ1) is 8.70. The molecule has 0 fully saturated rings. The summed E-state index contributed by atoms with van der Waals surface area (Å²) in [4.78, 5) is 11.0. The van der Waals surface area contributed by atoms with Gasteiger partial charge in [-0.25, -0.2) is 0 Å². The molecule has 5 heteroatoms. The molecule has 0 aromatic heterocycles. The minimum absolute atomic E-state index is 0.0975. The molecule has 0 spiro atoms. The molecular weight excluding hydrogens is 232 g/mol. The fourth-order valence-electron chi connectivity index (χ4n) is 1.98. The van der Waals surface area contributed by atoms with Crippen LogP contribution in [0.3, 0.4) is 0 Å². The Balaban J connectivity index is 2.23. The quantitative estimate of drug-likeness (QED) is 0.835. The minimum atomic E-state index is -0.332. The molecule has 1 aromatic rings. The molecule has 0 aliphatic carbocycles. The van der Waals surface area contributed by atoms with E-state index in [0.717, 1.165) is 23.5 Å². The van der Waals surface area contributed by atoms with Gasteiger partial charge in [0.25, 0.3) is 0 Å². The van der Waals surface area contributed by atoms with Crippen molar-refractivity contribution in [2.45, 2.75) is 18.9 Å². The summed E-state index contributed by atoms with van der Waals surface area (Å²) < 4.78 is 11.2. The zero-order chi connectivity index (χ0) is 13.0. The molecule has 1 unspecified atom stereocenters. The molecule has 3 N–H and O–H groups in total. The van der Waals surface area contributed by atoms with Crippen LogP contribution in [0.2, 0.25) is 0 Å². The van der Waals surface area contributed by atoms with Gasteiger partial charge >= 0.3 is 0 Å². The zero-order valence-electron chi connectivity index (χ0n) is 10.4. The lowest BCUT2D eigenvalue weighted by Gasteiger charge is -2.16. The van der Waals surface area contributed by atoms with E-state index in [1.54, 1.807) is 7.05 Å². The number of fused-ring (bicyclic) bond motifs is 1. The van der Waals surface area contributed by atoms with E-state index in [2.05, 4.69) is 5.32 Å². The van der Waals surface area contributed by atoms with Crippen molar-refractivity contribution in [1.29, 1.82) is 0 Å². The van der Waals surface area contributed by atoms with E-state index in [1.807, 2.05) is 18.2 Å². The lowest BCUT2D eigenvalue weighted by Crippen LogP contribution is -2.23. The molecule has 0 bridgehead atoms. The third kappa shape index (κ3) is 2.92.